The number of halogens is 2. The minimum atomic E-state index is -0.537. The molecule has 1 aromatic heterocycles. The van der Waals surface area contributed by atoms with E-state index in [1.54, 1.807) is 17.9 Å². The number of rotatable bonds is 4. The van der Waals surface area contributed by atoms with Gasteiger partial charge in [-0.15, -0.1) is 0 Å². The predicted octanol–water partition coefficient (Wildman–Crippen LogP) is 2.20. The van der Waals surface area contributed by atoms with E-state index in [0.717, 1.165) is 5.69 Å². The molecule has 18 heavy (non-hydrogen) atoms. The topological polar surface area (TPSA) is 29.9 Å². The van der Waals surface area contributed by atoms with Crippen molar-refractivity contribution < 1.29 is 8.78 Å². The van der Waals surface area contributed by atoms with E-state index in [9.17, 15) is 8.78 Å². The Morgan fingerprint density at radius 3 is 2.44 bits per heavy atom. The van der Waals surface area contributed by atoms with Crippen molar-refractivity contribution in [2.45, 2.75) is 12.5 Å². The van der Waals surface area contributed by atoms with Gasteiger partial charge in [0.1, 0.15) is 11.6 Å². The normalized spacial score (nSPS) is 12.7. The summed E-state index contributed by atoms with van der Waals surface area (Å²) in [4.78, 5) is 0. The lowest BCUT2D eigenvalue weighted by atomic mass is 10.0. The third-order valence-corrected chi connectivity index (χ3v) is 2.88. The van der Waals surface area contributed by atoms with Crippen molar-refractivity contribution >= 4 is 0 Å². The molecule has 2 rings (SSSR count). The third kappa shape index (κ3) is 2.56. The molecule has 1 N–H and O–H groups in total. The lowest BCUT2D eigenvalue weighted by Crippen LogP contribution is -2.21. The molecule has 0 radical (unpaired) electrons. The van der Waals surface area contributed by atoms with E-state index in [4.69, 9.17) is 0 Å². The number of aromatic nitrogens is 2. The van der Waals surface area contributed by atoms with Gasteiger partial charge in [-0.2, -0.15) is 5.10 Å². The maximum atomic E-state index is 13.7. The van der Waals surface area contributed by atoms with Crippen molar-refractivity contribution in [3.05, 3.63) is 53.4 Å². The van der Waals surface area contributed by atoms with Gasteiger partial charge in [-0.3, -0.25) is 4.68 Å². The molecule has 3 nitrogen and oxygen atoms in total. The van der Waals surface area contributed by atoms with Crippen LogP contribution in [0.5, 0.6) is 0 Å². The van der Waals surface area contributed by atoms with Crippen molar-refractivity contribution in [3.8, 4) is 0 Å². The van der Waals surface area contributed by atoms with Gasteiger partial charge in [0, 0.05) is 31.3 Å². The Morgan fingerprint density at radius 1 is 1.28 bits per heavy atom. The molecular formula is C13H15F2N3. The molecule has 0 aliphatic carbocycles. The molecule has 2 aromatic rings. The molecule has 1 atom stereocenters. The van der Waals surface area contributed by atoms with Crippen LogP contribution in [0.1, 0.15) is 17.3 Å². The molecule has 0 saturated heterocycles. The minimum absolute atomic E-state index is 0.0608. The van der Waals surface area contributed by atoms with Crippen molar-refractivity contribution in [2.24, 2.45) is 7.05 Å². The van der Waals surface area contributed by atoms with Gasteiger partial charge in [-0.1, -0.05) is 6.07 Å². The van der Waals surface area contributed by atoms with Gasteiger partial charge in [-0.05, 0) is 25.2 Å². The summed E-state index contributed by atoms with van der Waals surface area (Å²) in [5.41, 5.74) is 0.852. The smallest absolute Gasteiger partial charge is 0.130 e. The van der Waals surface area contributed by atoms with E-state index >= 15 is 0 Å². The molecule has 0 saturated carbocycles. The first kappa shape index (κ1) is 12.7. The lowest BCUT2D eigenvalue weighted by molar-refractivity contribution is 0.485. The summed E-state index contributed by atoms with van der Waals surface area (Å²) in [6, 6.07) is 5.30. The summed E-state index contributed by atoms with van der Waals surface area (Å²) < 4.78 is 29.0. The van der Waals surface area contributed by atoms with E-state index in [2.05, 4.69) is 10.4 Å². The van der Waals surface area contributed by atoms with Crippen LogP contribution in [0.3, 0.4) is 0 Å². The van der Waals surface area contributed by atoms with Crippen LogP contribution in [-0.2, 0) is 13.5 Å². The number of nitrogens with one attached hydrogen (secondary N) is 1. The third-order valence-electron chi connectivity index (χ3n) is 2.88. The average molecular weight is 251 g/mol. The Labute approximate surface area is 104 Å². The Kier molecular flexibility index (Phi) is 3.72. The maximum absolute atomic E-state index is 13.7. The number of hydrogen-bond donors (Lipinski definition) is 1. The van der Waals surface area contributed by atoms with Gasteiger partial charge in [0.15, 0.2) is 0 Å². The second-order valence-electron chi connectivity index (χ2n) is 4.16. The highest BCUT2D eigenvalue weighted by Gasteiger charge is 2.19. The highest BCUT2D eigenvalue weighted by atomic mass is 19.1. The van der Waals surface area contributed by atoms with E-state index in [-0.39, 0.29) is 5.56 Å². The zero-order valence-electron chi connectivity index (χ0n) is 10.3. The van der Waals surface area contributed by atoms with E-state index in [1.165, 1.54) is 18.2 Å². The first-order valence-electron chi connectivity index (χ1n) is 5.71. The van der Waals surface area contributed by atoms with E-state index in [0.29, 0.717) is 6.42 Å². The predicted molar refractivity (Wildman–Crippen MR) is 65.1 cm³/mol. The largest absolute Gasteiger partial charge is 0.312 e. The molecule has 0 aliphatic rings. The summed E-state index contributed by atoms with van der Waals surface area (Å²) in [5.74, 6) is -1.07. The molecule has 5 heteroatoms. The van der Waals surface area contributed by atoms with Gasteiger partial charge >= 0.3 is 0 Å². The lowest BCUT2D eigenvalue weighted by Gasteiger charge is -2.16. The molecular weight excluding hydrogens is 236 g/mol. The highest BCUT2D eigenvalue weighted by molar-refractivity contribution is 5.24. The van der Waals surface area contributed by atoms with Crippen LogP contribution in [0.15, 0.2) is 30.5 Å². The molecule has 1 aromatic carbocycles. The Morgan fingerprint density at radius 2 is 1.94 bits per heavy atom. The summed E-state index contributed by atoms with van der Waals surface area (Å²) in [5, 5.41) is 7.14. The van der Waals surface area contributed by atoms with Crippen LogP contribution in [0, 0.1) is 11.6 Å². The fourth-order valence-corrected chi connectivity index (χ4v) is 1.97. The van der Waals surface area contributed by atoms with Gasteiger partial charge in [0.25, 0.3) is 0 Å². The van der Waals surface area contributed by atoms with Crippen molar-refractivity contribution in [2.75, 3.05) is 7.05 Å². The number of aryl methyl sites for hydroxylation is 1. The average Bonchev–Trinajstić information content (AvgIpc) is 2.73. The summed E-state index contributed by atoms with van der Waals surface area (Å²) in [6.45, 7) is 0. The molecule has 0 aliphatic heterocycles. The van der Waals surface area contributed by atoms with Gasteiger partial charge < -0.3 is 5.32 Å². The molecule has 0 amide bonds. The van der Waals surface area contributed by atoms with E-state index < -0.39 is 17.7 Å². The second-order valence-corrected chi connectivity index (χ2v) is 4.16. The highest BCUT2D eigenvalue weighted by Crippen LogP contribution is 2.23. The van der Waals surface area contributed by atoms with Crippen LogP contribution < -0.4 is 5.32 Å². The number of benzene rings is 1. The molecule has 1 unspecified atom stereocenters. The Hall–Kier alpha value is -1.75. The first-order valence-corrected chi connectivity index (χ1v) is 5.71. The van der Waals surface area contributed by atoms with Gasteiger partial charge in [0.05, 0.1) is 5.69 Å². The molecule has 96 valence electrons. The SMILES string of the molecule is CNC(Cc1ccn(C)n1)c1c(F)cccc1F. The fourth-order valence-electron chi connectivity index (χ4n) is 1.97. The number of nitrogens with zero attached hydrogens (tertiary/aromatic N) is 2. The van der Waals surface area contributed by atoms with Crippen LogP contribution in [0.4, 0.5) is 8.78 Å². The van der Waals surface area contributed by atoms with Crippen molar-refractivity contribution in [1.82, 2.24) is 15.1 Å². The number of likely N-dealkylation sites (N-methyl/N-ethyl adjacent to an activating group) is 1. The fraction of sp³-hybridized carbons (Fsp3) is 0.308. The maximum Gasteiger partial charge on any atom is 0.130 e. The number of hydrogen-bond acceptors (Lipinski definition) is 2. The van der Waals surface area contributed by atoms with Crippen LogP contribution >= 0.6 is 0 Å². The monoisotopic (exact) mass is 251 g/mol. The summed E-state index contributed by atoms with van der Waals surface area (Å²) >= 11 is 0. The van der Waals surface area contributed by atoms with Gasteiger partial charge in [0.2, 0.25) is 0 Å². The van der Waals surface area contributed by atoms with Crippen molar-refractivity contribution in [1.29, 1.82) is 0 Å². The quantitative estimate of drug-likeness (QED) is 0.902. The summed E-state index contributed by atoms with van der Waals surface area (Å²) in [6.07, 6.45) is 2.24. The van der Waals surface area contributed by atoms with Crippen LogP contribution in [0.2, 0.25) is 0 Å². The molecule has 1 heterocycles. The standard InChI is InChI=1S/C13H15F2N3/c1-16-12(8-9-6-7-18(2)17-9)13-10(14)4-3-5-11(13)15/h3-7,12,16H,8H2,1-2H3. The van der Waals surface area contributed by atoms with Crippen LogP contribution in [-0.4, -0.2) is 16.8 Å². The molecule has 0 fully saturated rings. The Balaban J connectivity index is 2.28. The zero-order chi connectivity index (χ0) is 13.1. The second kappa shape index (κ2) is 5.27. The molecule has 0 bridgehead atoms. The zero-order valence-corrected chi connectivity index (χ0v) is 10.3. The van der Waals surface area contributed by atoms with E-state index in [1.807, 2.05) is 13.1 Å². The molecule has 0 spiro atoms. The summed E-state index contributed by atoms with van der Waals surface area (Å²) in [7, 11) is 3.49. The van der Waals surface area contributed by atoms with Crippen LogP contribution in [0.25, 0.3) is 0 Å². The minimum Gasteiger partial charge on any atom is -0.312 e. The van der Waals surface area contributed by atoms with Gasteiger partial charge in [-0.25, -0.2) is 8.78 Å². The van der Waals surface area contributed by atoms with Crippen molar-refractivity contribution in [3.63, 3.8) is 0 Å². The Bertz CT molecular complexity index is 517. The first-order chi connectivity index (χ1) is 8.61.